The van der Waals surface area contributed by atoms with E-state index >= 15 is 0 Å². The van der Waals surface area contributed by atoms with Crippen molar-refractivity contribution in [2.75, 3.05) is 13.1 Å². The molecule has 2 aromatic carbocycles. The minimum Gasteiger partial charge on any atom is -0.296 e. The second kappa shape index (κ2) is 10.6. The van der Waals surface area contributed by atoms with E-state index in [-0.39, 0.29) is 5.69 Å². The van der Waals surface area contributed by atoms with E-state index in [1.807, 2.05) is 31.2 Å². The zero-order valence-corrected chi connectivity index (χ0v) is 19.7. The van der Waals surface area contributed by atoms with Gasteiger partial charge in [-0.1, -0.05) is 60.1 Å². The van der Waals surface area contributed by atoms with Gasteiger partial charge in [0, 0.05) is 0 Å². The number of hydrogen-bond acceptors (Lipinski definition) is 5. The summed E-state index contributed by atoms with van der Waals surface area (Å²) >= 11 is 1.15. The predicted octanol–water partition coefficient (Wildman–Crippen LogP) is 5.81. The van der Waals surface area contributed by atoms with Crippen LogP contribution < -0.4 is 0 Å². The Morgan fingerprint density at radius 3 is 2.41 bits per heavy atom. The first kappa shape index (κ1) is 24.3. The van der Waals surface area contributed by atoms with Gasteiger partial charge in [-0.05, 0) is 57.0 Å². The topological polar surface area (TPSA) is 57.7 Å². The summed E-state index contributed by atoms with van der Waals surface area (Å²) in [5, 5.41) is 18.1. The van der Waals surface area contributed by atoms with Gasteiger partial charge in [-0.3, -0.25) is 9.47 Å². The van der Waals surface area contributed by atoms with E-state index in [1.165, 1.54) is 16.7 Å². The second-order valence-electron chi connectivity index (χ2n) is 8.51. The van der Waals surface area contributed by atoms with Crippen LogP contribution in [0.3, 0.4) is 0 Å². The fraction of sp³-hybridized carbons (Fsp3) is 0.400. The zero-order chi connectivity index (χ0) is 24.1. The van der Waals surface area contributed by atoms with E-state index in [1.54, 1.807) is 6.07 Å². The van der Waals surface area contributed by atoms with Crippen LogP contribution in [-0.4, -0.2) is 38.0 Å². The summed E-state index contributed by atoms with van der Waals surface area (Å²) in [6.45, 7) is 4.16. The van der Waals surface area contributed by atoms with Gasteiger partial charge in [-0.2, -0.15) is 18.4 Å². The Kier molecular flexibility index (Phi) is 7.59. The number of aryl methyl sites for hydroxylation is 1. The van der Waals surface area contributed by atoms with Gasteiger partial charge >= 0.3 is 6.18 Å². The van der Waals surface area contributed by atoms with Crippen molar-refractivity contribution in [1.29, 1.82) is 5.26 Å². The fourth-order valence-electron chi connectivity index (χ4n) is 4.13. The predicted molar refractivity (Wildman–Crippen MR) is 126 cm³/mol. The Labute approximate surface area is 201 Å². The van der Waals surface area contributed by atoms with Crippen molar-refractivity contribution < 1.29 is 13.2 Å². The number of halogens is 3. The van der Waals surface area contributed by atoms with Gasteiger partial charge in [0.25, 0.3) is 0 Å². The first-order valence-electron chi connectivity index (χ1n) is 11.3. The molecule has 0 amide bonds. The zero-order valence-electron chi connectivity index (χ0n) is 18.9. The number of likely N-dealkylation sites (tertiary alicyclic amines) is 1. The molecule has 1 atom stereocenters. The third-order valence-electron chi connectivity index (χ3n) is 5.90. The summed E-state index contributed by atoms with van der Waals surface area (Å²) < 4.78 is 43.1. The van der Waals surface area contributed by atoms with Gasteiger partial charge in [0.05, 0.1) is 23.9 Å². The molecule has 178 valence electrons. The first-order valence-corrected chi connectivity index (χ1v) is 12.2. The molecule has 0 aliphatic carbocycles. The Balaban J connectivity index is 1.70. The number of piperidine rings is 1. The lowest BCUT2D eigenvalue weighted by molar-refractivity contribution is -0.137. The summed E-state index contributed by atoms with van der Waals surface area (Å²) in [4.78, 5) is 2.20. The maximum atomic E-state index is 13.9. The van der Waals surface area contributed by atoms with E-state index in [0.29, 0.717) is 23.9 Å². The first-order chi connectivity index (χ1) is 16.3. The molecule has 0 bridgehead atoms. The second-order valence-corrected chi connectivity index (χ2v) is 9.68. The van der Waals surface area contributed by atoms with E-state index in [4.69, 9.17) is 0 Å². The highest BCUT2D eigenvalue weighted by Gasteiger charge is 2.35. The standard InChI is InChI=1S/C25H26F3N5S/c1-18-9-11-19(12-10-18)15-20(16-29)34-24-31-30-23(17-32-13-5-2-6-14-32)33(24)22-8-4-3-7-21(22)25(26,27)28/h3-4,7-12,20H,2,5-6,13-15,17H2,1H3. The van der Waals surface area contributed by atoms with Crippen LogP contribution in [0.1, 0.15) is 41.8 Å². The van der Waals surface area contributed by atoms with Gasteiger partial charge < -0.3 is 0 Å². The molecule has 0 saturated carbocycles. The summed E-state index contributed by atoms with van der Waals surface area (Å²) in [6.07, 6.45) is -0.799. The minimum atomic E-state index is -4.53. The van der Waals surface area contributed by atoms with Crippen molar-refractivity contribution in [2.24, 2.45) is 0 Å². The molecular formula is C25H26F3N5S. The normalized spacial score (nSPS) is 15.7. The molecule has 3 aromatic rings. The van der Waals surface area contributed by atoms with Gasteiger partial charge in [-0.25, -0.2) is 0 Å². The van der Waals surface area contributed by atoms with E-state index in [0.717, 1.165) is 61.3 Å². The molecule has 34 heavy (non-hydrogen) atoms. The molecule has 5 nitrogen and oxygen atoms in total. The maximum absolute atomic E-state index is 13.9. The van der Waals surface area contributed by atoms with Crippen molar-refractivity contribution >= 4 is 11.8 Å². The van der Waals surface area contributed by atoms with Crippen LogP contribution >= 0.6 is 11.8 Å². The molecule has 1 unspecified atom stereocenters. The summed E-state index contributed by atoms with van der Waals surface area (Å²) in [5.41, 5.74) is 1.35. The van der Waals surface area contributed by atoms with E-state index < -0.39 is 17.0 Å². The number of nitrogens with zero attached hydrogens (tertiary/aromatic N) is 5. The summed E-state index contributed by atoms with van der Waals surface area (Å²) in [7, 11) is 0. The van der Waals surface area contributed by atoms with Crippen molar-refractivity contribution in [1.82, 2.24) is 19.7 Å². The van der Waals surface area contributed by atoms with Crippen LogP contribution in [0.25, 0.3) is 5.69 Å². The SMILES string of the molecule is Cc1ccc(CC(C#N)Sc2nnc(CN3CCCCC3)n2-c2ccccc2C(F)(F)F)cc1. The number of para-hydroxylation sites is 1. The quantitative estimate of drug-likeness (QED) is 0.396. The van der Waals surface area contributed by atoms with E-state index in [9.17, 15) is 18.4 Å². The van der Waals surface area contributed by atoms with Crippen LogP contribution in [0.4, 0.5) is 13.2 Å². The molecule has 0 spiro atoms. The van der Waals surface area contributed by atoms with Crippen LogP contribution in [0.15, 0.2) is 53.7 Å². The number of benzene rings is 2. The lowest BCUT2D eigenvalue weighted by Crippen LogP contribution is -2.30. The van der Waals surface area contributed by atoms with Gasteiger partial charge in [0.2, 0.25) is 0 Å². The molecule has 9 heteroatoms. The molecule has 1 fully saturated rings. The number of rotatable bonds is 7. The van der Waals surface area contributed by atoms with Crippen molar-refractivity contribution in [3.05, 3.63) is 71.0 Å². The third-order valence-corrected chi connectivity index (χ3v) is 6.93. The Morgan fingerprint density at radius 2 is 1.74 bits per heavy atom. The lowest BCUT2D eigenvalue weighted by Gasteiger charge is -2.26. The third kappa shape index (κ3) is 5.80. The van der Waals surface area contributed by atoms with Crippen LogP contribution in [-0.2, 0) is 19.1 Å². The van der Waals surface area contributed by atoms with Gasteiger partial charge in [0.15, 0.2) is 11.0 Å². The smallest absolute Gasteiger partial charge is 0.296 e. The number of nitriles is 1. The number of hydrogen-bond donors (Lipinski definition) is 0. The van der Waals surface area contributed by atoms with Crippen LogP contribution in [0.2, 0.25) is 0 Å². The maximum Gasteiger partial charge on any atom is 0.418 e. The summed E-state index contributed by atoms with van der Waals surface area (Å²) in [5.74, 6) is 0.452. The molecule has 0 N–H and O–H groups in total. The van der Waals surface area contributed by atoms with E-state index in [2.05, 4.69) is 21.2 Å². The monoisotopic (exact) mass is 485 g/mol. The van der Waals surface area contributed by atoms with Crippen LogP contribution in [0.5, 0.6) is 0 Å². The average molecular weight is 486 g/mol. The fourth-order valence-corrected chi connectivity index (χ4v) is 5.11. The lowest BCUT2D eigenvalue weighted by atomic mass is 10.1. The average Bonchev–Trinajstić information content (AvgIpc) is 3.21. The molecule has 1 saturated heterocycles. The molecule has 4 rings (SSSR count). The molecular weight excluding hydrogens is 459 g/mol. The molecule has 2 heterocycles. The Hall–Kier alpha value is -2.83. The highest BCUT2D eigenvalue weighted by Crippen LogP contribution is 2.36. The Morgan fingerprint density at radius 1 is 1.03 bits per heavy atom. The van der Waals surface area contributed by atoms with Crippen LogP contribution in [0, 0.1) is 18.3 Å². The highest BCUT2D eigenvalue weighted by molar-refractivity contribution is 8.00. The molecule has 0 radical (unpaired) electrons. The molecule has 1 aromatic heterocycles. The summed E-state index contributed by atoms with van der Waals surface area (Å²) in [6, 6.07) is 15.6. The number of thioether (sulfide) groups is 1. The van der Waals surface area contributed by atoms with Crippen molar-refractivity contribution in [3.63, 3.8) is 0 Å². The van der Waals surface area contributed by atoms with Crippen molar-refractivity contribution in [3.8, 4) is 11.8 Å². The van der Waals surface area contributed by atoms with Gasteiger partial charge in [0.1, 0.15) is 5.25 Å². The number of aromatic nitrogens is 3. The number of alkyl halides is 3. The van der Waals surface area contributed by atoms with Gasteiger partial charge in [-0.15, -0.1) is 10.2 Å². The minimum absolute atomic E-state index is 0.0125. The highest BCUT2D eigenvalue weighted by atomic mass is 32.2. The van der Waals surface area contributed by atoms with Crippen molar-refractivity contribution in [2.45, 2.75) is 55.7 Å². The molecule has 1 aliphatic heterocycles. The largest absolute Gasteiger partial charge is 0.418 e. The Bertz CT molecular complexity index is 1140. The molecule has 1 aliphatic rings.